The topological polar surface area (TPSA) is 0 Å². The zero-order valence-electron chi connectivity index (χ0n) is 48.9. The van der Waals surface area contributed by atoms with E-state index < -0.39 is 0 Å². The average Bonchev–Trinajstić information content (AvgIpc) is 3.20. The lowest BCUT2D eigenvalue weighted by Gasteiger charge is -2.23. The second-order valence-corrected chi connectivity index (χ2v) is 24.8. The molecule has 64 heavy (non-hydrogen) atoms. The van der Waals surface area contributed by atoms with Crippen molar-refractivity contribution in [2.45, 2.75) is 285 Å². The number of hydrogen-bond acceptors (Lipinski definition) is 0. The molecular weight excluding hydrogens is 777 g/mol. The second-order valence-electron chi connectivity index (χ2n) is 24.8. The van der Waals surface area contributed by atoms with Gasteiger partial charge in [0.05, 0.1) is 111 Å². The standard InChI is InChI=1S/4C15H34N/c4*1-5-6-7-8-9-10-11-12-13-14-15-16(2,3)4/h4*5-15H2,1-4H3/q4*+1. The molecule has 0 aromatic carbocycles. The monoisotopic (exact) mass is 913 g/mol. The largest absolute Gasteiger partial charge is 0.331 e. The zero-order chi connectivity index (χ0) is 49.1. The smallest absolute Gasteiger partial charge is 0.0780 e. The quantitative estimate of drug-likeness (QED) is 0.0422. The van der Waals surface area contributed by atoms with Crippen LogP contribution in [0.15, 0.2) is 0 Å². The van der Waals surface area contributed by atoms with Crippen LogP contribution >= 0.6 is 0 Å². The Bertz CT molecular complexity index is 675. The van der Waals surface area contributed by atoms with Crippen LogP contribution in [0, 0.1) is 0 Å². The van der Waals surface area contributed by atoms with Crippen molar-refractivity contribution in [2.24, 2.45) is 0 Å². The van der Waals surface area contributed by atoms with E-state index in [2.05, 4.69) is 112 Å². The Morgan fingerprint density at radius 3 is 0.328 bits per heavy atom. The van der Waals surface area contributed by atoms with Gasteiger partial charge in [-0.05, 0) is 51.4 Å². The molecule has 0 N–H and O–H groups in total. The molecule has 0 aromatic heterocycles. The van der Waals surface area contributed by atoms with Gasteiger partial charge in [-0.2, -0.15) is 0 Å². The molecule has 0 radical (unpaired) electrons. The van der Waals surface area contributed by atoms with Gasteiger partial charge in [0.25, 0.3) is 0 Å². The Balaban J connectivity index is -0.000000375. The van der Waals surface area contributed by atoms with Gasteiger partial charge in [-0.3, -0.25) is 0 Å². The van der Waals surface area contributed by atoms with Crippen LogP contribution in [-0.4, -0.2) is 129 Å². The lowest BCUT2D eigenvalue weighted by atomic mass is 10.1. The summed E-state index contributed by atoms with van der Waals surface area (Å²) in [6.07, 6.45) is 57.6. The van der Waals surface area contributed by atoms with Crippen LogP contribution in [0.1, 0.15) is 285 Å². The molecule has 0 saturated carbocycles. The molecule has 4 nitrogen and oxygen atoms in total. The summed E-state index contributed by atoms with van der Waals surface area (Å²) in [5.74, 6) is 0. The Morgan fingerprint density at radius 1 is 0.141 bits per heavy atom. The molecule has 0 aliphatic rings. The fraction of sp³-hybridized carbons (Fsp3) is 1.00. The van der Waals surface area contributed by atoms with E-state index in [0.717, 1.165) is 17.9 Å². The lowest BCUT2D eigenvalue weighted by molar-refractivity contribution is -0.870. The van der Waals surface area contributed by atoms with Crippen molar-refractivity contribution >= 4 is 0 Å². The highest BCUT2D eigenvalue weighted by atomic mass is 15.3. The molecule has 0 bridgehead atoms. The lowest BCUT2D eigenvalue weighted by Crippen LogP contribution is -2.35. The molecule has 0 spiro atoms. The molecule has 0 aromatic rings. The minimum atomic E-state index is 1.12. The first-order chi connectivity index (χ1) is 30.2. The average molecular weight is 914 g/mol. The minimum Gasteiger partial charge on any atom is -0.331 e. The number of unbranched alkanes of at least 4 members (excludes halogenated alkanes) is 36. The molecule has 0 saturated heterocycles. The zero-order valence-corrected chi connectivity index (χ0v) is 48.9. The van der Waals surface area contributed by atoms with E-state index in [1.165, 1.54) is 283 Å². The van der Waals surface area contributed by atoms with Crippen LogP contribution in [0.3, 0.4) is 0 Å². The highest BCUT2D eigenvalue weighted by Crippen LogP contribution is 2.14. The Hall–Kier alpha value is -0.160. The molecule has 0 heterocycles. The molecule has 4 heteroatoms. The maximum absolute atomic E-state index is 2.29. The van der Waals surface area contributed by atoms with Gasteiger partial charge in [0.2, 0.25) is 0 Å². The third-order valence-electron chi connectivity index (χ3n) is 12.7. The van der Waals surface area contributed by atoms with Gasteiger partial charge >= 0.3 is 0 Å². The van der Waals surface area contributed by atoms with Crippen molar-refractivity contribution < 1.29 is 17.9 Å². The van der Waals surface area contributed by atoms with E-state index in [9.17, 15) is 0 Å². The SMILES string of the molecule is CCCCCCCCCCCC[N+](C)(C)C.CCCCCCCCCCCC[N+](C)(C)C.CCCCCCCCCCCC[N+](C)(C)C.CCCCCCCCCCCC[N+](C)(C)C. The highest BCUT2D eigenvalue weighted by molar-refractivity contribution is 4.51. The van der Waals surface area contributed by atoms with Gasteiger partial charge in [-0.1, -0.05) is 233 Å². The first-order valence-corrected chi connectivity index (χ1v) is 29.5. The summed E-state index contributed by atoms with van der Waals surface area (Å²) in [6.45, 7) is 14.5. The van der Waals surface area contributed by atoms with Gasteiger partial charge < -0.3 is 17.9 Å². The molecule has 0 amide bonds. The maximum atomic E-state index is 2.29. The molecule has 392 valence electrons. The normalized spacial score (nSPS) is 12.0. The first kappa shape index (κ1) is 70.4. The summed E-state index contributed by atoms with van der Waals surface area (Å²) < 4.78 is 4.49. The van der Waals surface area contributed by atoms with Gasteiger partial charge in [0.15, 0.2) is 0 Å². The summed E-state index contributed by atoms with van der Waals surface area (Å²) in [7, 11) is 27.4. The first-order valence-electron chi connectivity index (χ1n) is 29.5. The van der Waals surface area contributed by atoms with Crippen LogP contribution in [-0.2, 0) is 0 Å². The summed E-state index contributed by atoms with van der Waals surface area (Å²) in [6, 6.07) is 0. The van der Waals surface area contributed by atoms with Crippen LogP contribution in [0.2, 0.25) is 0 Å². The van der Waals surface area contributed by atoms with Crippen molar-refractivity contribution in [3.8, 4) is 0 Å². The summed E-state index contributed by atoms with van der Waals surface area (Å²) in [5, 5.41) is 0. The van der Waals surface area contributed by atoms with Gasteiger partial charge in [-0.15, -0.1) is 0 Å². The molecule has 0 unspecified atom stereocenters. The Morgan fingerprint density at radius 2 is 0.234 bits per heavy atom. The van der Waals surface area contributed by atoms with E-state index in [-0.39, 0.29) is 0 Å². The summed E-state index contributed by atoms with van der Waals surface area (Å²) >= 11 is 0. The van der Waals surface area contributed by atoms with Gasteiger partial charge in [-0.25, -0.2) is 0 Å². The highest BCUT2D eigenvalue weighted by Gasteiger charge is 2.08. The third kappa shape index (κ3) is 85.2. The van der Waals surface area contributed by atoms with Crippen molar-refractivity contribution in [1.82, 2.24) is 0 Å². The fourth-order valence-corrected chi connectivity index (χ4v) is 8.29. The predicted octanol–water partition coefficient (Wildman–Crippen LogP) is 18.5. The molecule has 0 fully saturated rings. The number of rotatable bonds is 44. The van der Waals surface area contributed by atoms with Gasteiger partial charge in [0, 0.05) is 0 Å². The van der Waals surface area contributed by atoms with Crippen molar-refractivity contribution in [3.63, 3.8) is 0 Å². The van der Waals surface area contributed by atoms with E-state index in [1.54, 1.807) is 0 Å². The van der Waals surface area contributed by atoms with Crippen molar-refractivity contribution in [2.75, 3.05) is 111 Å². The Kier molecular flexibility index (Phi) is 57.4. The van der Waals surface area contributed by atoms with Crippen LogP contribution < -0.4 is 0 Å². The maximum Gasteiger partial charge on any atom is 0.0780 e. The van der Waals surface area contributed by atoms with Gasteiger partial charge in [0.1, 0.15) is 0 Å². The molecule has 0 atom stereocenters. The van der Waals surface area contributed by atoms with Crippen LogP contribution in [0.4, 0.5) is 0 Å². The third-order valence-corrected chi connectivity index (χ3v) is 12.7. The predicted molar refractivity (Wildman–Crippen MR) is 299 cm³/mol. The summed E-state index contributed by atoms with van der Waals surface area (Å²) in [5.41, 5.74) is 0. The van der Waals surface area contributed by atoms with E-state index in [4.69, 9.17) is 0 Å². The van der Waals surface area contributed by atoms with E-state index in [0.29, 0.717) is 0 Å². The van der Waals surface area contributed by atoms with Crippen molar-refractivity contribution in [1.29, 1.82) is 0 Å². The van der Waals surface area contributed by atoms with E-state index in [1.807, 2.05) is 0 Å². The number of nitrogens with zero attached hydrogens (tertiary/aromatic N) is 4. The van der Waals surface area contributed by atoms with Crippen LogP contribution in [0.5, 0.6) is 0 Å². The fourth-order valence-electron chi connectivity index (χ4n) is 8.29. The van der Waals surface area contributed by atoms with Crippen molar-refractivity contribution in [3.05, 3.63) is 0 Å². The molecule has 0 rings (SSSR count). The Labute approximate surface area is 411 Å². The molecular formula is C60H136N4+4. The second kappa shape index (κ2) is 52.2. The molecule has 0 aliphatic carbocycles. The number of quaternary nitrogens is 4. The minimum absolute atomic E-state index is 1.12. The van der Waals surface area contributed by atoms with Crippen LogP contribution in [0.25, 0.3) is 0 Å². The summed E-state index contributed by atoms with van der Waals surface area (Å²) in [4.78, 5) is 0. The molecule has 0 aliphatic heterocycles. The number of hydrogen-bond donors (Lipinski definition) is 0. The van der Waals surface area contributed by atoms with E-state index >= 15 is 0 Å².